The summed E-state index contributed by atoms with van der Waals surface area (Å²) in [7, 11) is -4.57. The Bertz CT molecular complexity index is 628. The van der Waals surface area contributed by atoms with Crippen molar-refractivity contribution in [2.24, 2.45) is 0 Å². The standard InChI is InChI=1S/C14H24N2O3S2/c1-9-8-13(15)12(4)14(11(9)3)21(18,19)16-10(2)6-7-20(5)17/h8,10,16H,6-7,15H2,1-5H3. The lowest BCUT2D eigenvalue weighted by molar-refractivity contribution is 0.554. The summed E-state index contributed by atoms with van der Waals surface area (Å²) in [6.07, 6.45) is 2.14. The third-order valence-corrected chi connectivity index (χ3v) is 6.21. The number of sulfonamides is 1. The molecule has 0 bridgehead atoms. The SMILES string of the molecule is Cc1cc(N)c(C)c(S(=O)(=O)NC(C)CCS(C)=O)c1C. The maximum Gasteiger partial charge on any atom is 0.241 e. The first-order chi connectivity index (χ1) is 9.56. The Morgan fingerprint density at radius 3 is 2.38 bits per heavy atom. The lowest BCUT2D eigenvalue weighted by Gasteiger charge is -2.19. The highest BCUT2D eigenvalue weighted by Crippen LogP contribution is 2.27. The molecule has 120 valence electrons. The van der Waals surface area contributed by atoms with Gasteiger partial charge in [-0.2, -0.15) is 0 Å². The molecule has 0 spiro atoms. The molecule has 7 heteroatoms. The number of nitrogen functional groups attached to an aromatic ring is 1. The summed E-state index contributed by atoms with van der Waals surface area (Å²) in [6.45, 7) is 7.10. The average molecular weight is 332 g/mol. The molecule has 1 rings (SSSR count). The number of anilines is 1. The van der Waals surface area contributed by atoms with Crippen molar-refractivity contribution in [3.05, 3.63) is 22.8 Å². The van der Waals surface area contributed by atoms with Gasteiger partial charge >= 0.3 is 0 Å². The van der Waals surface area contributed by atoms with E-state index in [1.54, 1.807) is 33.1 Å². The topological polar surface area (TPSA) is 89.3 Å². The molecule has 0 aliphatic rings. The second-order valence-electron chi connectivity index (χ2n) is 5.45. The van der Waals surface area contributed by atoms with Crippen LogP contribution in [0.3, 0.4) is 0 Å². The van der Waals surface area contributed by atoms with E-state index in [4.69, 9.17) is 5.73 Å². The van der Waals surface area contributed by atoms with Gasteiger partial charge in [0, 0.05) is 34.5 Å². The van der Waals surface area contributed by atoms with Gasteiger partial charge in [-0.25, -0.2) is 13.1 Å². The summed E-state index contributed by atoms with van der Waals surface area (Å²) >= 11 is 0. The number of aryl methyl sites for hydroxylation is 1. The monoisotopic (exact) mass is 332 g/mol. The number of hydrogen-bond donors (Lipinski definition) is 2. The lowest BCUT2D eigenvalue weighted by atomic mass is 10.1. The highest BCUT2D eigenvalue weighted by molar-refractivity contribution is 7.89. The van der Waals surface area contributed by atoms with Crippen LogP contribution in [0.4, 0.5) is 5.69 Å². The number of nitrogens with one attached hydrogen (secondary N) is 1. The summed E-state index contributed by atoms with van der Waals surface area (Å²) in [5.41, 5.74) is 8.48. The number of nitrogens with two attached hydrogens (primary N) is 1. The minimum atomic E-state index is -3.64. The van der Waals surface area contributed by atoms with Crippen LogP contribution in [-0.2, 0) is 20.8 Å². The molecule has 0 radical (unpaired) electrons. The van der Waals surface area contributed by atoms with Gasteiger partial charge in [-0.1, -0.05) is 0 Å². The molecule has 0 saturated carbocycles. The average Bonchev–Trinajstić information content (AvgIpc) is 2.33. The predicted octanol–water partition coefficient (Wildman–Crippen LogP) is 1.63. The van der Waals surface area contributed by atoms with Crippen molar-refractivity contribution < 1.29 is 12.6 Å². The van der Waals surface area contributed by atoms with Gasteiger partial charge in [-0.3, -0.25) is 4.21 Å². The van der Waals surface area contributed by atoms with Gasteiger partial charge in [-0.15, -0.1) is 0 Å². The van der Waals surface area contributed by atoms with Crippen LogP contribution in [0.5, 0.6) is 0 Å². The summed E-state index contributed by atoms with van der Waals surface area (Å²) in [5.74, 6) is 0.470. The molecular weight excluding hydrogens is 308 g/mol. The van der Waals surface area contributed by atoms with Crippen molar-refractivity contribution in [2.45, 2.75) is 45.1 Å². The molecule has 2 unspecified atom stereocenters. The van der Waals surface area contributed by atoms with Crippen molar-refractivity contribution in [3.8, 4) is 0 Å². The van der Waals surface area contributed by atoms with Crippen LogP contribution in [0.25, 0.3) is 0 Å². The van der Waals surface area contributed by atoms with Crippen LogP contribution in [0.1, 0.15) is 30.0 Å². The van der Waals surface area contributed by atoms with E-state index in [9.17, 15) is 12.6 Å². The number of hydrogen-bond acceptors (Lipinski definition) is 4. The fourth-order valence-electron chi connectivity index (χ4n) is 2.17. The zero-order valence-electron chi connectivity index (χ0n) is 13.2. The van der Waals surface area contributed by atoms with Crippen molar-refractivity contribution >= 4 is 26.5 Å². The molecule has 0 fully saturated rings. The van der Waals surface area contributed by atoms with Crippen molar-refractivity contribution in [1.29, 1.82) is 0 Å². The van der Waals surface area contributed by atoms with E-state index in [-0.39, 0.29) is 10.9 Å². The Balaban J connectivity index is 3.12. The minimum Gasteiger partial charge on any atom is -0.398 e. The van der Waals surface area contributed by atoms with Crippen molar-refractivity contribution in [3.63, 3.8) is 0 Å². The molecule has 2 atom stereocenters. The molecule has 5 nitrogen and oxygen atoms in total. The van der Waals surface area contributed by atoms with Gasteiger partial charge in [0.2, 0.25) is 10.0 Å². The van der Waals surface area contributed by atoms with Crippen LogP contribution in [0, 0.1) is 20.8 Å². The molecule has 0 aliphatic carbocycles. The second kappa shape index (κ2) is 6.89. The van der Waals surface area contributed by atoms with Crippen LogP contribution in [-0.4, -0.2) is 30.7 Å². The Hall–Kier alpha value is -0.920. The van der Waals surface area contributed by atoms with Crippen molar-refractivity contribution in [2.75, 3.05) is 17.7 Å². The molecule has 3 N–H and O–H groups in total. The van der Waals surface area contributed by atoms with Gasteiger partial charge in [0.15, 0.2) is 0 Å². The van der Waals surface area contributed by atoms with E-state index in [0.717, 1.165) is 5.56 Å². The Labute approximate surface area is 129 Å². The van der Waals surface area contributed by atoms with E-state index in [2.05, 4.69) is 4.72 Å². The minimum absolute atomic E-state index is 0.254. The lowest BCUT2D eigenvalue weighted by Crippen LogP contribution is -2.34. The van der Waals surface area contributed by atoms with Gasteiger partial charge < -0.3 is 5.73 Å². The predicted molar refractivity (Wildman–Crippen MR) is 88.4 cm³/mol. The zero-order valence-corrected chi connectivity index (χ0v) is 14.8. The molecule has 0 aliphatic heterocycles. The van der Waals surface area contributed by atoms with E-state index >= 15 is 0 Å². The molecule has 1 aromatic carbocycles. The zero-order chi connectivity index (χ0) is 16.4. The molecule has 0 heterocycles. The molecule has 0 saturated heterocycles. The molecule has 0 aromatic heterocycles. The summed E-state index contributed by atoms with van der Waals surface area (Å²) in [5, 5.41) is 0. The Morgan fingerprint density at radius 1 is 1.29 bits per heavy atom. The van der Waals surface area contributed by atoms with Crippen molar-refractivity contribution in [1.82, 2.24) is 4.72 Å². The molecule has 1 aromatic rings. The van der Waals surface area contributed by atoms with Crippen LogP contribution < -0.4 is 10.5 Å². The van der Waals surface area contributed by atoms with E-state index in [1.165, 1.54) is 0 Å². The highest BCUT2D eigenvalue weighted by Gasteiger charge is 2.24. The Kier molecular flexibility index (Phi) is 5.95. The maximum atomic E-state index is 12.6. The summed E-state index contributed by atoms with van der Waals surface area (Å²) < 4.78 is 38.9. The highest BCUT2D eigenvalue weighted by atomic mass is 32.2. The maximum absolute atomic E-state index is 12.6. The molecule has 0 amide bonds. The first-order valence-corrected chi connectivity index (χ1v) is 9.96. The number of benzene rings is 1. The van der Waals surface area contributed by atoms with Crippen LogP contribution in [0.15, 0.2) is 11.0 Å². The first kappa shape index (κ1) is 18.1. The summed E-state index contributed by atoms with van der Waals surface area (Å²) in [4.78, 5) is 0.254. The third-order valence-electron chi connectivity index (χ3n) is 3.54. The quantitative estimate of drug-likeness (QED) is 0.775. The van der Waals surface area contributed by atoms with Gasteiger partial charge in [0.05, 0.1) is 4.90 Å². The van der Waals surface area contributed by atoms with Crippen LogP contribution in [0.2, 0.25) is 0 Å². The smallest absolute Gasteiger partial charge is 0.241 e. The molecular formula is C14H24N2O3S2. The second-order valence-corrected chi connectivity index (χ2v) is 8.66. The van der Waals surface area contributed by atoms with E-state index < -0.39 is 20.8 Å². The van der Waals surface area contributed by atoms with Gasteiger partial charge in [-0.05, 0) is 56.9 Å². The van der Waals surface area contributed by atoms with Gasteiger partial charge in [0.1, 0.15) is 0 Å². The van der Waals surface area contributed by atoms with E-state index in [0.29, 0.717) is 29.0 Å². The number of rotatable bonds is 6. The fourth-order valence-corrected chi connectivity index (χ4v) is 4.71. The van der Waals surface area contributed by atoms with Crippen LogP contribution >= 0.6 is 0 Å². The fraction of sp³-hybridized carbons (Fsp3) is 0.571. The third kappa shape index (κ3) is 4.52. The van der Waals surface area contributed by atoms with Gasteiger partial charge in [0.25, 0.3) is 0 Å². The first-order valence-electron chi connectivity index (χ1n) is 6.75. The summed E-state index contributed by atoms with van der Waals surface area (Å²) in [6, 6.07) is 1.51. The largest absolute Gasteiger partial charge is 0.398 e. The normalized spacial score (nSPS) is 14.9. The Morgan fingerprint density at radius 2 is 1.86 bits per heavy atom. The van der Waals surface area contributed by atoms with E-state index in [1.807, 2.05) is 6.92 Å². The molecule has 21 heavy (non-hydrogen) atoms.